The number of allylic oxidation sites excluding steroid dienone is 1. The van der Waals surface area contributed by atoms with Gasteiger partial charge in [-0.05, 0) is 24.6 Å². The molecular weight excluding hydrogens is 348 g/mol. The number of carbonyl (C=O) groups is 2. The fourth-order valence-corrected chi connectivity index (χ4v) is 2.97. The molecule has 0 N–H and O–H groups in total. The fraction of sp³-hybridized carbons (Fsp3) is 0.235. The summed E-state index contributed by atoms with van der Waals surface area (Å²) in [7, 11) is 0. The third kappa shape index (κ3) is 4.91. The molecule has 0 aliphatic carbocycles. The molecule has 0 unspecified atom stereocenters. The summed E-state index contributed by atoms with van der Waals surface area (Å²) >= 11 is 7.29. The first-order chi connectivity index (χ1) is 11.5. The lowest BCUT2D eigenvalue weighted by Gasteiger charge is -2.18. The van der Waals surface area contributed by atoms with Crippen LogP contribution in [-0.4, -0.2) is 16.9 Å². The summed E-state index contributed by atoms with van der Waals surface area (Å²) < 4.78 is 5.10. The molecule has 0 fully saturated rings. The van der Waals surface area contributed by atoms with Gasteiger partial charge in [-0.15, -0.1) is 11.3 Å². The molecule has 0 radical (unpaired) electrons. The lowest BCUT2D eigenvalue weighted by molar-refractivity contribution is -0.139. The second-order valence-electron chi connectivity index (χ2n) is 4.87. The smallest absolute Gasteiger partial charge is 0.330 e. The number of halogens is 1. The van der Waals surface area contributed by atoms with E-state index in [4.69, 9.17) is 16.3 Å². The highest BCUT2D eigenvalue weighted by molar-refractivity contribution is 7.14. The van der Waals surface area contributed by atoms with Crippen molar-refractivity contribution in [1.82, 2.24) is 4.98 Å². The monoisotopic (exact) mass is 364 g/mol. The van der Waals surface area contributed by atoms with E-state index in [0.29, 0.717) is 21.5 Å². The molecule has 7 heteroatoms. The van der Waals surface area contributed by atoms with E-state index < -0.39 is 5.97 Å². The Kier molecular flexibility index (Phi) is 6.52. The van der Waals surface area contributed by atoms with Crippen LogP contribution < -0.4 is 4.90 Å². The van der Waals surface area contributed by atoms with Crippen molar-refractivity contribution in [3.8, 4) is 0 Å². The van der Waals surface area contributed by atoms with Crippen LogP contribution in [0.2, 0.25) is 5.02 Å². The van der Waals surface area contributed by atoms with E-state index in [1.165, 1.54) is 29.2 Å². The van der Waals surface area contributed by atoms with Gasteiger partial charge in [-0.1, -0.05) is 30.7 Å². The number of ether oxygens (including phenoxy) is 1. The summed E-state index contributed by atoms with van der Waals surface area (Å²) in [5.74, 6) is -0.592. The van der Waals surface area contributed by atoms with Crippen molar-refractivity contribution in [1.29, 1.82) is 0 Å². The molecule has 126 valence electrons. The Balaban J connectivity index is 2.13. The average molecular weight is 365 g/mol. The predicted octanol–water partition coefficient (Wildman–Crippen LogP) is 4.49. The van der Waals surface area contributed by atoms with E-state index in [-0.39, 0.29) is 12.5 Å². The second-order valence-corrected chi connectivity index (χ2v) is 6.15. The summed E-state index contributed by atoms with van der Waals surface area (Å²) in [5.41, 5.74) is 1.22. The molecule has 0 saturated carbocycles. The maximum atomic E-state index is 12.0. The normalized spacial score (nSPS) is 10.8. The average Bonchev–Trinajstić information content (AvgIpc) is 2.99. The van der Waals surface area contributed by atoms with Gasteiger partial charge in [-0.3, -0.25) is 9.69 Å². The molecule has 0 atom stereocenters. The number of nitrogens with zero attached hydrogens (tertiary/aromatic N) is 2. The summed E-state index contributed by atoms with van der Waals surface area (Å²) in [6.45, 7) is 3.45. The van der Waals surface area contributed by atoms with Crippen LogP contribution in [0.5, 0.6) is 0 Å². The molecule has 1 heterocycles. The number of esters is 1. The summed E-state index contributed by atoms with van der Waals surface area (Å²) in [4.78, 5) is 29.3. The van der Waals surface area contributed by atoms with E-state index in [0.717, 1.165) is 6.42 Å². The van der Waals surface area contributed by atoms with Crippen LogP contribution >= 0.6 is 22.9 Å². The molecular formula is C17H17ClN2O3S. The number of anilines is 2. The first kappa shape index (κ1) is 18.2. The second kappa shape index (κ2) is 8.61. The number of aromatic nitrogens is 1. The summed E-state index contributed by atoms with van der Waals surface area (Å²) in [6, 6.07) is 6.98. The van der Waals surface area contributed by atoms with Crippen LogP contribution in [0.15, 0.2) is 41.8 Å². The van der Waals surface area contributed by atoms with Gasteiger partial charge in [0.2, 0.25) is 5.91 Å². The Hall–Kier alpha value is -2.18. The van der Waals surface area contributed by atoms with Crippen LogP contribution in [0.3, 0.4) is 0 Å². The highest BCUT2D eigenvalue weighted by Crippen LogP contribution is 2.30. The molecule has 0 saturated heterocycles. The number of amides is 1. The minimum Gasteiger partial charge on any atom is -0.456 e. The molecule has 5 nitrogen and oxygen atoms in total. The predicted molar refractivity (Wildman–Crippen MR) is 95.6 cm³/mol. The SMILES string of the molecule is CCC=CC(=O)OCc1csc(N(C(C)=O)c2cccc(Cl)c2)n1. The Morgan fingerprint density at radius 3 is 2.88 bits per heavy atom. The third-order valence-electron chi connectivity index (χ3n) is 2.96. The number of rotatable bonds is 6. The van der Waals surface area contributed by atoms with Gasteiger partial charge in [-0.25, -0.2) is 9.78 Å². The van der Waals surface area contributed by atoms with E-state index in [9.17, 15) is 9.59 Å². The number of benzene rings is 1. The maximum Gasteiger partial charge on any atom is 0.330 e. The first-order valence-electron chi connectivity index (χ1n) is 7.35. The zero-order chi connectivity index (χ0) is 17.5. The first-order valence-corrected chi connectivity index (χ1v) is 8.61. The number of hydrogen-bond acceptors (Lipinski definition) is 5. The van der Waals surface area contributed by atoms with E-state index >= 15 is 0 Å². The standard InChI is InChI=1S/C17H17ClN2O3S/c1-3-4-8-16(22)23-10-14-11-24-17(19-14)20(12(2)21)15-7-5-6-13(18)9-15/h4-9,11H,3,10H2,1-2H3. The van der Waals surface area contributed by atoms with Crippen molar-refractivity contribution in [3.63, 3.8) is 0 Å². The molecule has 2 aromatic rings. The van der Waals surface area contributed by atoms with E-state index in [1.54, 1.807) is 35.7 Å². The molecule has 0 bridgehead atoms. The zero-order valence-electron chi connectivity index (χ0n) is 13.4. The van der Waals surface area contributed by atoms with Crippen LogP contribution in [0, 0.1) is 0 Å². The number of hydrogen-bond donors (Lipinski definition) is 0. The Bertz CT molecular complexity index is 758. The highest BCUT2D eigenvalue weighted by atomic mass is 35.5. The molecule has 1 aromatic carbocycles. The van der Waals surface area contributed by atoms with Crippen molar-refractivity contribution in [2.24, 2.45) is 0 Å². The van der Waals surface area contributed by atoms with Crippen LogP contribution in [-0.2, 0) is 20.9 Å². The molecule has 0 aliphatic heterocycles. The molecule has 0 spiro atoms. The van der Waals surface area contributed by atoms with E-state index in [1.807, 2.05) is 6.92 Å². The van der Waals surface area contributed by atoms with Gasteiger partial charge in [0, 0.05) is 23.4 Å². The summed E-state index contributed by atoms with van der Waals surface area (Å²) in [5, 5.41) is 2.79. The number of thiazole rings is 1. The van der Waals surface area contributed by atoms with Crippen molar-refractivity contribution in [2.75, 3.05) is 4.90 Å². The molecule has 1 aromatic heterocycles. The summed E-state index contributed by atoms with van der Waals surface area (Å²) in [6.07, 6.45) is 3.88. The highest BCUT2D eigenvalue weighted by Gasteiger charge is 2.18. The molecule has 0 aliphatic rings. The molecule has 24 heavy (non-hydrogen) atoms. The minimum atomic E-state index is -0.412. The number of carbonyl (C=O) groups excluding carboxylic acids is 2. The Morgan fingerprint density at radius 2 is 2.21 bits per heavy atom. The van der Waals surface area contributed by atoms with E-state index in [2.05, 4.69) is 4.98 Å². The largest absolute Gasteiger partial charge is 0.456 e. The minimum absolute atomic E-state index is 0.0602. The lowest BCUT2D eigenvalue weighted by Crippen LogP contribution is -2.22. The van der Waals surface area contributed by atoms with Gasteiger partial charge in [-0.2, -0.15) is 0 Å². The Morgan fingerprint density at radius 1 is 1.42 bits per heavy atom. The topological polar surface area (TPSA) is 59.5 Å². The van der Waals surface area contributed by atoms with Gasteiger partial charge in [0.05, 0.1) is 11.4 Å². The van der Waals surface area contributed by atoms with Crippen LogP contribution in [0.4, 0.5) is 10.8 Å². The Labute approximate surface area is 149 Å². The molecule has 2 rings (SSSR count). The van der Waals surface area contributed by atoms with Crippen molar-refractivity contribution in [3.05, 3.63) is 52.5 Å². The van der Waals surface area contributed by atoms with Gasteiger partial charge in [0.15, 0.2) is 5.13 Å². The molecule has 1 amide bonds. The van der Waals surface area contributed by atoms with Gasteiger partial charge < -0.3 is 4.74 Å². The van der Waals surface area contributed by atoms with Crippen LogP contribution in [0.1, 0.15) is 26.0 Å². The maximum absolute atomic E-state index is 12.0. The quantitative estimate of drug-likeness (QED) is 0.559. The van der Waals surface area contributed by atoms with Gasteiger partial charge in [0.25, 0.3) is 0 Å². The van der Waals surface area contributed by atoms with Crippen LogP contribution in [0.25, 0.3) is 0 Å². The van der Waals surface area contributed by atoms with Crippen molar-refractivity contribution < 1.29 is 14.3 Å². The van der Waals surface area contributed by atoms with Gasteiger partial charge >= 0.3 is 5.97 Å². The fourth-order valence-electron chi connectivity index (χ4n) is 1.91. The van der Waals surface area contributed by atoms with Gasteiger partial charge in [0.1, 0.15) is 6.61 Å². The van der Waals surface area contributed by atoms with Crippen molar-refractivity contribution in [2.45, 2.75) is 26.9 Å². The zero-order valence-corrected chi connectivity index (χ0v) is 14.9. The third-order valence-corrected chi connectivity index (χ3v) is 4.07. The van der Waals surface area contributed by atoms with Crippen molar-refractivity contribution >= 4 is 45.6 Å². The lowest BCUT2D eigenvalue weighted by atomic mass is 10.3.